The number of unbranched alkanes of at least 4 members (excludes halogenated alkanes) is 1. The summed E-state index contributed by atoms with van der Waals surface area (Å²) in [5.74, 6) is -1.36. The van der Waals surface area contributed by atoms with Gasteiger partial charge in [-0.2, -0.15) is 0 Å². The summed E-state index contributed by atoms with van der Waals surface area (Å²) in [5, 5.41) is 13.2. The van der Waals surface area contributed by atoms with Gasteiger partial charge in [-0.1, -0.05) is 13.3 Å². The van der Waals surface area contributed by atoms with E-state index in [1.807, 2.05) is 6.92 Å². The molecule has 7 nitrogen and oxygen atoms in total. The number of carboxylic acids is 1. The first-order valence-electron chi connectivity index (χ1n) is 5.93. The van der Waals surface area contributed by atoms with Crippen molar-refractivity contribution < 1.29 is 19.5 Å². The van der Waals surface area contributed by atoms with Gasteiger partial charge in [0.25, 0.3) is 0 Å². The Morgan fingerprint density at radius 2 is 1.94 bits per heavy atom. The first kappa shape index (κ1) is 16.4. The fourth-order valence-corrected chi connectivity index (χ4v) is 1.20. The topological polar surface area (TPSA) is 98.7 Å². The summed E-state index contributed by atoms with van der Waals surface area (Å²) in [7, 11) is 1.62. The highest BCUT2D eigenvalue weighted by molar-refractivity contribution is 5.95. The van der Waals surface area contributed by atoms with Crippen molar-refractivity contribution in [3.8, 4) is 0 Å². The summed E-state index contributed by atoms with van der Waals surface area (Å²) < 4.78 is 0. The molecule has 0 fully saturated rings. The van der Waals surface area contributed by atoms with Crippen LogP contribution in [0.2, 0.25) is 0 Å². The van der Waals surface area contributed by atoms with Gasteiger partial charge in [-0.15, -0.1) is 0 Å². The average molecular weight is 259 g/mol. The number of nitrogens with zero attached hydrogens (tertiary/aromatic N) is 1. The van der Waals surface area contributed by atoms with E-state index >= 15 is 0 Å². The number of rotatable bonds is 8. The lowest BCUT2D eigenvalue weighted by Gasteiger charge is -2.14. The molecule has 3 amide bonds. The first-order chi connectivity index (χ1) is 8.45. The van der Waals surface area contributed by atoms with Crippen LogP contribution >= 0.6 is 0 Å². The minimum absolute atomic E-state index is 0.00548. The van der Waals surface area contributed by atoms with E-state index in [4.69, 9.17) is 5.11 Å². The molecule has 3 N–H and O–H groups in total. The number of carboxylic acid groups (broad SMARTS) is 1. The molecule has 0 radical (unpaired) electrons. The van der Waals surface area contributed by atoms with Crippen LogP contribution in [-0.4, -0.2) is 54.6 Å². The van der Waals surface area contributed by atoms with E-state index in [9.17, 15) is 14.4 Å². The van der Waals surface area contributed by atoms with Gasteiger partial charge in [0.15, 0.2) is 0 Å². The van der Waals surface area contributed by atoms with E-state index in [-0.39, 0.29) is 19.5 Å². The molecule has 0 rings (SSSR count). The zero-order chi connectivity index (χ0) is 14.0. The number of imide groups is 1. The highest BCUT2D eigenvalue weighted by Gasteiger charge is 2.10. The van der Waals surface area contributed by atoms with Crippen molar-refractivity contribution in [2.24, 2.45) is 0 Å². The zero-order valence-corrected chi connectivity index (χ0v) is 10.9. The minimum atomic E-state index is -0.917. The first-order valence-corrected chi connectivity index (χ1v) is 5.93. The smallest absolute Gasteiger partial charge is 0.321 e. The molecule has 0 aromatic rings. The molecule has 104 valence electrons. The molecule has 7 heteroatoms. The second kappa shape index (κ2) is 9.41. The van der Waals surface area contributed by atoms with Crippen LogP contribution in [0.5, 0.6) is 0 Å². The van der Waals surface area contributed by atoms with Crippen LogP contribution < -0.4 is 10.6 Å². The molecule has 18 heavy (non-hydrogen) atoms. The van der Waals surface area contributed by atoms with Crippen molar-refractivity contribution in [2.45, 2.75) is 26.2 Å². The number of carbonyl (C=O) groups is 3. The molecular formula is C11H21N3O4. The van der Waals surface area contributed by atoms with Gasteiger partial charge in [-0.25, -0.2) is 4.79 Å². The summed E-state index contributed by atoms with van der Waals surface area (Å²) in [6, 6.07) is -0.514. The SMILES string of the molecule is CCCCNC(=O)NC(=O)CN(C)CCC(=O)O. The predicted octanol–water partition coefficient (Wildman–Crippen LogP) is 0.0188. The number of aliphatic carboxylic acids is 1. The number of likely N-dealkylation sites (N-methyl/N-ethyl adjacent to an activating group) is 1. The molecule has 0 aromatic carbocycles. The maximum Gasteiger partial charge on any atom is 0.321 e. The van der Waals surface area contributed by atoms with Crippen LogP contribution in [-0.2, 0) is 9.59 Å². The van der Waals surface area contributed by atoms with Gasteiger partial charge in [-0.3, -0.25) is 19.8 Å². The van der Waals surface area contributed by atoms with E-state index in [1.165, 1.54) is 0 Å². The van der Waals surface area contributed by atoms with Crippen molar-refractivity contribution in [1.29, 1.82) is 0 Å². The number of hydrogen-bond donors (Lipinski definition) is 3. The number of amides is 3. The third kappa shape index (κ3) is 9.59. The Hall–Kier alpha value is -1.63. The molecule has 0 bridgehead atoms. The van der Waals surface area contributed by atoms with Gasteiger partial charge in [0.1, 0.15) is 0 Å². The molecule has 0 unspecified atom stereocenters. The average Bonchev–Trinajstić information content (AvgIpc) is 2.26. The van der Waals surface area contributed by atoms with Crippen LogP contribution in [0.25, 0.3) is 0 Å². The van der Waals surface area contributed by atoms with Crippen molar-refractivity contribution in [3.63, 3.8) is 0 Å². The van der Waals surface area contributed by atoms with Gasteiger partial charge < -0.3 is 10.4 Å². The molecule has 0 heterocycles. The second-order valence-corrected chi connectivity index (χ2v) is 4.04. The predicted molar refractivity (Wildman–Crippen MR) is 66.2 cm³/mol. The third-order valence-electron chi connectivity index (χ3n) is 2.19. The molecule has 0 saturated heterocycles. The van der Waals surface area contributed by atoms with E-state index in [1.54, 1.807) is 11.9 Å². The highest BCUT2D eigenvalue weighted by atomic mass is 16.4. The van der Waals surface area contributed by atoms with Crippen LogP contribution in [0.15, 0.2) is 0 Å². The van der Waals surface area contributed by atoms with Crippen molar-refractivity contribution in [1.82, 2.24) is 15.5 Å². The molecule has 0 aliphatic rings. The van der Waals surface area contributed by atoms with Crippen LogP contribution in [0.3, 0.4) is 0 Å². The normalized spacial score (nSPS) is 10.2. The Kier molecular flexibility index (Phi) is 8.55. The lowest BCUT2D eigenvalue weighted by molar-refractivity contribution is -0.137. The Bertz CT molecular complexity index is 294. The maximum absolute atomic E-state index is 11.4. The Balaban J connectivity index is 3.74. The summed E-state index contributed by atoms with van der Waals surface area (Å²) in [5.41, 5.74) is 0. The lowest BCUT2D eigenvalue weighted by Crippen LogP contribution is -2.44. The molecule has 0 spiro atoms. The molecule has 0 aliphatic carbocycles. The van der Waals surface area contributed by atoms with E-state index in [0.29, 0.717) is 6.54 Å². The minimum Gasteiger partial charge on any atom is -0.481 e. The Morgan fingerprint density at radius 3 is 2.50 bits per heavy atom. The summed E-state index contributed by atoms with van der Waals surface area (Å²) in [6.07, 6.45) is 1.79. The fourth-order valence-electron chi connectivity index (χ4n) is 1.20. The van der Waals surface area contributed by atoms with Gasteiger partial charge in [0.05, 0.1) is 13.0 Å². The second-order valence-electron chi connectivity index (χ2n) is 4.04. The largest absolute Gasteiger partial charge is 0.481 e. The standard InChI is InChI=1S/C11H21N3O4/c1-3-4-6-12-11(18)13-9(15)8-14(2)7-5-10(16)17/h3-8H2,1-2H3,(H,16,17)(H2,12,13,15,18). The Morgan fingerprint density at radius 1 is 1.28 bits per heavy atom. The monoisotopic (exact) mass is 259 g/mol. The zero-order valence-electron chi connectivity index (χ0n) is 10.9. The quantitative estimate of drug-likeness (QED) is 0.534. The van der Waals surface area contributed by atoms with Gasteiger partial charge in [0.2, 0.25) is 5.91 Å². The van der Waals surface area contributed by atoms with Crippen molar-refractivity contribution in [2.75, 3.05) is 26.7 Å². The molecule has 0 aromatic heterocycles. The van der Waals surface area contributed by atoms with Crippen molar-refractivity contribution in [3.05, 3.63) is 0 Å². The van der Waals surface area contributed by atoms with Gasteiger partial charge in [-0.05, 0) is 13.5 Å². The number of urea groups is 1. The number of carbonyl (C=O) groups excluding carboxylic acids is 2. The van der Waals surface area contributed by atoms with Gasteiger partial charge in [0, 0.05) is 13.1 Å². The lowest BCUT2D eigenvalue weighted by atomic mass is 10.3. The highest BCUT2D eigenvalue weighted by Crippen LogP contribution is 1.87. The molecule has 0 saturated carbocycles. The van der Waals surface area contributed by atoms with E-state index in [0.717, 1.165) is 12.8 Å². The fraction of sp³-hybridized carbons (Fsp3) is 0.727. The van der Waals surface area contributed by atoms with Crippen molar-refractivity contribution >= 4 is 17.9 Å². The maximum atomic E-state index is 11.4. The van der Waals surface area contributed by atoms with E-state index in [2.05, 4.69) is 10.6 Å². The summed E-state index contributed by atoms with van der Waals surface area (Å²) in [4.78, 5) is 34.5. The van der Waals surface area contributed by atoms with Gasteiger partial charge >= 0.3 is 12.0 Å². The van der Waals surface area contributed by atoms with Crippen LogP contribution in [0.4, 0.5) is 4.79 Å². The number of nitrogens with one attached hydrogen (secondary N) is 2. The summed E-state index contributed by atoms with van der Waals surface area (Å²) >= 11 is 0. The van der Waals surface area contributed by atoms with Crippen LogP contribution in [0.1, 0.15) is 26.2 Å². The Labute approximate surface area is 107 Å². The third-order valence-corrected chi connectivity index (χ3v) is 2.19. The van der Waals surface area contributed by atoms with Crippen LogP contribution in [0, 0.1) is 0 Å². The molecular weight excluding hydrogens is 238 g/mol. The van der Waals surface area contributed by atoms with E-state index < -0.39 is 17.9 Å². The summed E-state index contributed by atoms with van der Waals surface area (Å²) in [6.45, 7) is 2.79. The number of hydrogen-bond acceptors (Lipinski definition) is 4. The molecule has 0 atom stereocenters. The molecule has 0 aliphatic heterocycles.